The number of H-pyrrole nitrogens is 1. The molecule has 3 aliphatic rings. The molecule has 1 N–H and O–H groups in total. The number of amides is 1. The highest BCUT2D eigenvalue weighted by Gasteiger charge is 2.37. The molecule has 2 aromatic heterocycles. The summed E-state index contributed by atoms with van der Waals surface area (Å²) in [7, 11) is 0. The Labute approximate surface area is 163 Å². The molecule has 2 fully saturated rings. The van der Waals surface area contributed by atoms with Crippen molar-refractivity contribution >= 4 is 5.91 Å². The second kappa shape index (κ2) is 7.18. The molecule has 5 heterocycles. The van der Waals surface area contributed by atoms with Crippen molar-refractivity contribution in [3.63, 3.8) is 0 Å². The van der Waals surface area contributed by atoms with Gasteiger partial charge in [0.05, 0.1) is 25.3 Å². The van der Waals surface area contributed by atoms with Crippen molar-refractivity contribution in [2.45, 2.75) is 18.9 Å². The summed E-state index contributed by atoms with van der Waals surface area (Å²) in [4.78, 5) is 37.3. The van der Waals surface area contributed by atoms with Crippen molar-refractivity contribution in [3.8, 4) is 11.4 Å². The normalized spacial score (nSPS) is 24.8. The van der Waals surface area contributed by atoms with Crippen molar-refractivity contribution in [2.75, 3.05) is 45.9 Å². The van der Waals surface area contributed by atoms with Gasteiger partial charge >= 0.3 is 0 Å². The van der Waals surface area contributed by atoms with E-state index in [0.717, 1.165) is 31.7 Å². The third-order valence-corrected chi connectivity index (χ3v) is 6.17. The second-order valence-electron chi connectivity index (χ2n) is 8.01. The minimum Gasteiger partial charge on any atom is -0.379 e. The first kappa shape index (κ1) is 17.6. The van der Waals surface area contributed by atoms with Gasteiger partial charge in [0.1, 0.15) is 5.82 Å². The van der Waals surface area contributed by atoms with Crippen LogP contribution in [0.4, 0.5) is 0 Å². The summed E-state index contributed by atoms with van der Waals surface area (Å²) in [5.41, 5.74) is 1.66. The van der Waals surface area contributed by atoms with Crippen LogP contribution in [0.5, 0.6) is 0 Å². The van der Waals surface area contributed by atoms with Crippen LogP contribution >= 0.6 is 0 Å². The molecule has 3 aliphatic heterocycles. The first-order valence-corrected chi connectivity index (χ1v) is 10.0. The Bertz CT molecular complexity index is 916. The third-order valence-electron chi connectivity index (χ3n) is 6.17. The van der Waals surface area contributed by atoms with Crippen molar-refractivity contribution < 1.29 is 9.53 Å². The van der Waals surface area contributed by atoms with Crippen LogP contribution in [0.2, 0.25) is 0 Å². The SMILES string of the molecule is O=C(CN1CCOCC1)N1C[C@@H]2C[C@H](C1)c1ccc(-c3ncc[nH]3)c(=O)n1C2. The molecular formula is C20H25N5O3. The number of nitrogens with zero attached hydrogens (tertiary/aromatic N) is 4. The zero-order valence-corrected chi connectivity index (χ0v) is 15.8. The number of rotatable bonds is 3. The molecule has 5 rings (SSSR count). The molecule has 2 atom stereocenters. The summed E-state index contributed by atoms with van der Waals surface area (Å²) >= 11 is 0. The Kier molecular flexibility index (Phi) is 4.52. The Hall–Kier alpha value is -2.45. The molecule has 0 saturated carbocycles. The van der Waals surface area contributed by atoms with E-state index in [9.17, 15) is 9.59 Å². The number of aromatic amines is 1. The molecule has 0 unspecified atom stereocenters. The van der Waals surface area contributed by atoms with Crippen molar-refractivity contribution in [1.29, 1.82) is 0 Å². The quantitative estimate of drug-likeness (QED) is 0.835. The Morgan fingerprint density at radius 2 is 2.07 bits per heavy atom. The standard InChI is InChI=1S/C20H25N5O3/c26-18(13-23-5-7-28-8-6-23)24-10-14-9-15(12-24)17-2-1-16(19-21-3-4-22-19)20(27)25(17)11-14/h1-4,14-15H,5-13H2,(H,21,22)/t14-,15+/m0/s1. The number of piperidine rings is 1. The molecule has 0 aromatic carbocycles. The third kappa shape index (κ3) is 3.16. The zero-order chi connectivity index (χ0) is 19.1. The van der Waals surface area contributed by atoms with Crippen LogP contribution in [-0.4, -0.2) is 76.2 Å². The minimum atomic E-state index is 0.00948. The van der Waals surface area contributed by atoms with Gasteiger partial charge in [0.15, 0.2) is 0 Å². The number of ether oxygens (including phenoxy) is 1. The van der Waals surface area contributed by atoms with Gasteiger partial charge in [-0.25, -0.2) is 4.98 Å². The number of aromatic nitrogens is 3. The summed E-state index contributed by atoms with van der Waals surface area (Å²) in [5, 5.41) is 0. The van der Waals surface area contributed by atoms with Crippen LogP contribution in [0, 0.1) is 5.92 Å². The number of morpholine rings is 1. The lowest BCUT2D eigenvalue weighted by Crippen LogP contribution is -2.52. The number of likely N-dealkylation sites (tertiary alicyclic amines) is 1. The fourth-order valence-electron chi connectivity index (χ4n) is 4.79. The van der Waals surface area contributed by atoms with E-state index in [4.69, 9.17) is 4.74 Å². The smallest absolute Gasteiger partial charge is 0.261 e. The maximum atomic E-state index is 13.0. The highest BCUT2D eigenvalue weighted by atomic mass is 16.5. The van der Waals surface area contributed by atoms with Crippen LogP contribution in [0.3, 0.4) is 0 Å². The Balaban J connectivity index is 1.36. The predicted octanol–water partition coefficient (Wildman–Crippen LogP) is 0.516. The number of carbonyl (C=O) groups is 1. The van der Waals surface area contributed by atoms with E-state index in [1.807, 2.05) is 21.6 Å². The lowest BCUT2D eigenvalue weighted by molar-refractivity contribution is -0.136. The van der Waals surface area contributed by atoms with E-state index in [-0.39, 0.29) is 17.4 Å². The summed E-state index contributed by atoms with van der Waals surface area (Å²) in [6.07, 6.45) is 4.43. The van der Waals surface area contributed by atoms with Gasteiger partial charge in [-0.15, -0.1) is 0 Å². The highest BCUT2D eigenvalue weighted by molar-refractivity contribution is 5.78. The fraction of sp³-hybridized carbons (Fsp3) is 0.550. The van der Waals surface area contributed by atoms with Gasteiger partial charge in [0.25, 0.3) is 5.56 Å². The van der Waals surface area contributed by atoms with Gasteiger partial charge in [-0.2, -0.15) is 0 Å². The van der Waals surface area contributed by atoms with E-state index in [1.54, 1.807) is 12.4 Å². The average molecular weight is 383 g/mol. The second-order valence-corrected chi connectivity index (χ2v) is 8.01. The van der Waals surface area contributed by atoms with Gasteiger partial charge in [0, 0.05) is 56.7 Å². The van der Waals surface area contributed by atoms with Gasteiger partial charge in [0.2, 0.25) is 5.91 Å². The molecule has 8 heteroatoms. The van der Waals surface area contributed by atoms with Gasteiger partial charge in [-0.1, -0.05) is 0 Å². The summed E-state index contributed by atoms with van der Waals surface area (Å²) in [5.74, 6) is 1.35. The van der Waals surface area contributed by atoms with E-state index in [2.05, 4.69) is 14.9 Å². The lowest BCUT2D eigenvalue weighted by atomic mass is 9.83. The maximum absolute atomic E-state index is 13.0. The number of hydrogen-bond donors (Lipinski definition) is 1. The molecule has 28 heavy (non-hydrogen) atoms. The molecule has 2 saturated heterocycles. The Morgan fingerprint density at radius 1 is 1.21 bits per heavy atom. The minimum absolute atomic E-state index is 0.00948. The zero-order valence-electron chi connectivity index (χ0n) is 15.8. The topological polar surface area (TPSA) is 83.5 Å². The number of nitrogens with one attached hydrogen (secondary N) is 1. The number of imidazole rings is 1. The van der Waals surface area contributed by atoms with Crippen LogP contribution in [0.1, 0.15) is 18.0 Å². The molecule has 0 spiro atoms. The van der Waals surface area contributed by atoms with Gasteiger partial charge < -0.3 is 19.2 Å². The molecule has 2 aromatic rings. The van der Waals surface area contributed by atoms with Crippen LogP contribution in [-0.2, 0) is 16.1 Å². The average Bonchev–Trinajstić information content (AvgIpc) is 3.24. The van der Waals surface area contributed by atoms with E-state index in [0.29, 0.717) is 50.2 Å². The molecule has 1 amide bonds. The first-order valence-electron chi connectivity index (χ1n) is 10.0. The Morgan fingerprint density at radius 3 is 2.86 bits per heavy atom. The first-order chi connectivity index (χ1) is 13.7. The van der Waals surface area contributed by atoms with Crippen LogP contribution < -0.4 is 5.56 Å². The fourth-order valence-corrected chi connectivity index (χ4v) is 4.79. The lowest BCUT2D eigenvalue weighted by Gasteiger charge is -2.43. The number of hydrogen-bond acceptors (Lipinski definition) is 5. The summed E-state index contributed by atoms with van der Waals surface area (Å²) in [6, 6.07) is 3.90. The molecule has 2 bridgehead atoms. The predicted molar refractivity (Wildman–Crippen MR) is 103 cm³/mol. The molecule has 0 aliphatic carbocycles. The molecule has 8 nitrogen and oxygen atoms in total. The van der Waals surface area contributed by atoms with Crippen molar-refractivity contribution in [1.82, 2.24) is 24.3 Å². The summed E-state index contributed by atoms with van der Waals surface area (Å²) in [6.45, 7) is 5.60. The largest absolute Gasteiger partial charge is 0.379 e. The van der Waals surface area contributed by atoms with Crippen molar-refractivity contribution in [2.24, 2.45) is 5.92 Å². The number of pyridine rings is 1. The van der Waals surface area contributed by atoms with Gasteiger partial charge in [-0.3, -0.25) is 14.5 Å². The monoisotopic (exact) mass is 383 g/mol. The van der Waals surface area contributed by atoms with E-state index in [1.165, 1.54) is 0 Å². The van der Waals surface area contributed by atoms with Crippen LogP contribution in [0.15, 0.2) is 29.3 Å². The molecule has 148 valence electrons. The van der Waals surface area contributed by atoms with Gasteiger partial charge in [-0.05, 0) is 24.5 Å². The molecular weight excluding hydrogens is 358 g/mol. The van der Waals surface area contributed by atoms with Crippen LogP contribution in [0.25, 0.3) is 11.4 Å². The highest BCUT2D eigenvalue weighted by Crippen LogP contribution is 2.35. The maximum Gasteiger partial charge on any atom is 0.261 e. The van der Waals surface area contributed by atoms with E-state index >= 15 is 0 Å². The summed E-state index contributed by atoms with van der Waals surface area (Å²) < 4.78 is 7.27. The van der Waals surface area contributed by atoms with E-state index < -0.39 is 0 Å². The number of carbonyl (C=O) groups excluding carboxylic acids is 1. The molecule has 0 radical (unpaired) electrons. The van der Waals surface area contributed by atoms with Crippen molar-refractivity contribution in [3.05, 3.63) is 40.6 Å². The number of fused-ring (bicyclic) bond motifs is 4.